The molecule has 18 heavy (non-hydrogen) atoms. The predicted molar refractivity (Wildman–Crippen MR) is 80.2 cm³/mol. The second kappa shape index (κ2) is 5.40. The number of nitrogens with zero attached hydrogens (tertiary/aromatic N) is 1. The Bertz CT molecular complexity index is 567. The second-order valence-electron chi connectivity index (χ2n) is 4.19. The number of pyridine rings is 1. The van der Waals surface area contributed by atoms with Crippen LogP contribution in [0, 0.1) is 6.92 Å². The summed E-state index contributed by atoms with van der Waals surface area (Å²) in [5, 5.41) is 3.37. The SMILES string of the molecule is CCc1cccc(C)c1Nc1ncc(N)cc1Br. The van der Waals surface area contributed by atoms with Crippen LogP contribution in [-0.4, -0.2) is 4.98 Å². The molecule has 0 aliphatic carbocycles. The van der Waals surface area contributed by atoms with E-state index in [-0.39, 0.29) is 0 Å². The number of para-hydroxylation sites is 1. The van der Waals surface area contributed by atoms with Gasteiger partial charge in [0.25, 0.3) is 0 Å². The zero-order valence-electron chi connectivity index (χ0n) is 10.5. The van der Waals surface area contributed by atoms with Crippen molar-refractivity contribution in [3.05, 3.63) is 46.1 Å². The molecule has 94 valence electrons. The number of aromatic nitrogens is 1. The van der Waals surface area contributed by atoms with E-state index >= 15 is 0 Å². The van der Waals surface area contributed by atoms with Gasteiger partial charge in [-0.2, -0.15) is 0 Å². The minimum Gasteiger partial charge on any atom is -0.397 e. The lowest BCUT2D eigenvalue weighted by Gasteiger charge is -2.14. The van der Waals surface area contributed by atoms with Crippen molar-refractivity contribution in [1.29, 1.82) is 0 Å². The summed E-state index contributed by atoms with van der Waals surface area (Å²) in [7, 11) is 0. The van der Waals surface area contributed by atoms with Gasteiger partial charge in [-0.25, -0.2) is 4.98 Å². The van der Waals surface area contributed by atoms with Gasteiger partial charge in [0.05, 0.1) is 16.4 Å². The van der Waals surface area contributed by atoms with Crippen LogP contribution in [-0.2, 0) is 6.42 Å². The lowest BCUT2D eigenvalue weighted by Crippen LogP contribution is -2.01. The van der Waals surface area contributed by atoms with E-state index in [1.165, 1.54) is 11.1 Å². The molecule has 1 heterocycles. The zero-order chi connectivity index (χ0) is 13.1. The highest BCUT2D eigenvalue weighted by Gasteiger charge is 2.07. The Kier molecular flexibility index (Phi) is 3.87. The first-order valence-corrected chi connectivity index (χ1v) is 6.67. The van der Waals surface area contributed by atoms with Crippen LogP contribution in [0.25, 0.3) is 0 Å². The van der Waals surface area contributed by atoms with E-state index in [0.29, 0.717) is 5.69 Å². The van der Waals surface area contributed by atoms with E-state index in [1.807, 2.05) is 6.07 Å². The smallest absolute Gasteiger partial charge is 0.144 e. The third-order valence-corrected chi connectivity index (χ3v) is 3.45. The van der Waals surface area contributed by atoms with E-state index in [9.17, 15) is 0 Å². The highest BCUT2D eigenvalue weighted by molar-refractivity contribution is 9.10. The Morgan fingerprint density at radius 3 is 2.83 bits per heavy atom. The summed E-state index contributed by atoms with van der Waals surface area (Å²) in [4.78, 5) is 4.31. The van der Waals surface area contributed by atoms with Crippen molar-refractivity contribution >= 4 is 33.1 Å². The van der Waals surface area contributed by atoms with Crippen molar-refractivity contribution in [1.82, 2.24) is 4.98 Å². The van der Waals surface area contributed by atoms with Crippen LogP contribution in [0.1, 0.15) is 18.1 Å². The molecule has 2 rings (SSSR count). The van der Waals surface area contributed by atoms with Gasteiger partial charge in [-0.1, -0.05) is 25.1 Å². The number of nitrogen functional groups attached to an aromatic ring is 1. The fourth-order valence-corrected chi connectivity index (χ4v) is 2.33. The first-order valence-electron chi connectivity index (χ1n) is 5.88. The molecule has 2 aromatic rings. The zero-order valence-corrected chi connectivity index (χ0v) is 12.1. The summed E-state index contributed by atoms with van der Waals surface area (Å²) in [5.41, 5.74) is 9.94. The highest BCUT2D eigenvalue weighted by Crippen LogP contribution is 2.29. The van der Waals surface area contributed by atoms with Gasteiger partial charge < -0.3 is 11.1 Å². The van der Waals surface area contributed by atoms with Gasteiger partial charge in [0.1, 0.15) is 5.82 Å². The first-order chi connectivity index (χ1) is 8.61. The Balaban J connectivity index is 2.39. The molecule has 3 nitrogen and oxygen atoms in total. The number of nitrogens with two attached hydrogens (primary N) is 1. The van der Waals surface area contributed by atoms with Crippen LogP contribution in [0.5, 0.6) is 0 Å². The summed E-state index contributed by atoms with van der Waals surface area (Å²) in [6.07, 6.45) is 2.63. The van der Waals surface area contributed by atoms with Gasteiger partial charge in [0.15, 0.2) is 0 Å². The molecule has 1 aromatic heterocycles. The van der Waals surface area contributed by atoms with Crippen molar-refractivity contribution in [2.24, 2.45) is 0 Å². The first kappa shape index (κ1) is 12.9. The Morgan fingerprint density at radius 1 is 1.39 bits per heavy atom. The number of aryl methyl sites for hydroxylation is 2. The minimum atomic E-state index is 0.646. The van der Waals surface area contributed by atoms with Gasteiger partial charge in [-0.3, -0.25) is 0 Å². The number of hydrogen-bond donors (Lipinski definition) is 2. The van der Waals surface area contributed by atoms with E-state index in [2.05, 4.69) is 58.3 Å². The quantitative estimate of drug-likeness (QED) is 0.899. The van der Waals surface area contributed by atoms with Crippen molar-refractivity contribution in [2.75, 3.05) is 11.1 Å². The molecule has 4 heteroatoms. The predicted octanol–water partition coefficient (Wildman–Crippen LogP) is 4.04. The Hall–Kier alpha value is -1.55. The maximum Gasteiger partial charge on any atom is 0.144 e. The summed E-state index contributed by atoms with van der Waals surface area (Å²) < 4.78 is 0.868. The van der Waals surface area contributed by atoms with Crippen molar-refractivity contribution in [3.63, 3.8) is 0 Å². The van der Waals surface area contributed by atoms with Crippen LogP contribution in [0.4, 0.5) is 17.2 Å². The van der Waals surface area contributed by atoms with Crippen LogP contribution in [0.2, 0.25) is 0 Å². The van der Waals surface area contributed by atoms with Crippen LogP contribution < -0.4 is 11.1 Å². The third-order valence-electron chi connectivity index (χ3n) is 2.85. The molecular weight excluding hydrogens is 290 g/mol. The molecule has 0 spiro atoms. The molecule has 1 aromatic carbocycles. The number of halogens is 1. The molecular formula is C14H16BrN3. The van der Waals surface area contributed by atoms with Gasteiger partial charge in [0, 0.05) is 5.69 Å². The molecule has 0 aliphatic rings. The number of rotatable bonds is 3. The molecule has 0 atom stereocenters. The fraction of sp³-hybridized carbons (Fsp3) is 0.214. The normalized spacial score (nSPS) is 10.4. The van der Waals surface area contributed by atoms with Crippen molar-refractivity contribution in [2.45, 2.75) is 20.3 Å². The van der Waals surface area contributed by atoms with Crippen molar-refractivity contribution < 1.29 is 0 Å². The Labute approximate surface area is 116 Å². The monoisotopic (exact) mass is 305 g/mol. The lowest BCUT2D eigenvalue weighted by molar-refractivity contribution is 1.13. The van der Waals surface area contributed by atoms with Gasteiger partial charge in [-0.15, -0.1) is 0 Å². The summed E-state index contributed by atoms with van der Waals surface area (Å²) >= 11 is 3.47. The summed E-state index contributed by atoms with van der Waals surface area (Å²) in [5.74, 6) is 0.785. The molecule has 0 saturated carbocycles. The summed E-state index contributed by atoms with van der Waals surface area (Å²) in [6.45, 7) is 4.23. The molecule has 0 aliphatic heterocycles. The van der Waals surface area contributed by atoms with E-state index in [1.54, 1.807) is 6.20 Å². The number of nitrogens with one attached hydrogen (secondary N) is 1. The molecule has 0 unspecified atom stereocenters. The maximum atomic E-state index is 5.69. The number of anilines is 3. The van der Waals surface area contributed by atoms with Crippen molar-refractivity contribution in [3.8, 4) is 0 Å². The average Bonchev–Trinajstić information content (AvgIpc) is 2.34. The second-order valence-corrected chi connectivity index (χ2v) is 5.04. The third kappa shape index (κ3) is 2.64. The Morgan fingerprint density at radius 2 is 2.17 bits per heavy atom. The molecule has 0 radical (unpaired) electrons. The molecule has 0 amide bonds. The standard InChI is InChI=1S/C14H16BrN3/c1-3-10-6-4-5-9(2)13(10)18-14-12(15)7-11(16)8-17-14/h4-8H,3,16H2,1-2H3,(H,17,18). The molecule has 0 fully saturated rings. The molecule has 3 N–H and O–H groups in total. The number of benzene rings is 1. The van der Waals surface area contributed by atoms with Crippen LogP contribution in [0.3, 0.4) is 0 Å². The summed E-state index contributed by atoms with van der Waals surface area (Å²) in [6, 6.07) is 8.14. The minimum absolute atomic E-state index is 0.646. The lowest BCUT2D eigenvalue weighted by atomic mass is 10.1. The average molecular weight is 306 g/mol. The fourth-order valence-electron chi connectivity index (χ4n) is 1.87. The molecule has 0 bridgehead atoms. The van der Waals surface area contributed by atoms with E-state index in [4.69, 9.17) is 5.73 Å². The van der Waals surface area contributed by atoms with Gasteiger partial charge in [0.2, 0.25) is 0 Å². The van der Waals surface area contributed by atoms with Gasteiger partial charge in [-0.05, 0) is 46.5 Å². The van der Waals surface area contributed by atoms with E-state index < -0.39 is 0 Å². The van der Waals surface area contributed by atoms with Crippen LogP contribution in [0.15, 0.2) is 34.9 Å². The maximum absolute atomic E-state index is 5.69. The largest absolute Gasteiger partial charge is 0.397 e. The van der Waals surface area contributed by atoms with Gasteiger partial charge >= 0.3 is 0 Å². The topological polar surface area (TPSA) is 50.9 Å². The van der Waals surface area contributed by atoms with E-state index in [0.717, 1.165) is 22.4 Å². The number of hydrogen-bond acceptors (Lipinski definition) is 3. The highest BCUT2D eigenvalue weighted by atomic mass is 79.9. The molecule has 0 saturated heterocycles. The van der Waals surface area contributed by atoms with Crippen LogP contribution >= 0.6 is 15.9 Å².